The van der Waals surface area contributed by atoms with Crippen molar-refractivity contribution in [2.45, 2.75) is 18.4 Å². The van der Waals surface area contributed by atoms with Crippen molar-refractivity contribution < 1.29 is 4.79 Å². The van der Waals surface area contributed by atoms with E-state index in [1.807, 2.05) is 36.2 Å². The summed E-state index contributed by atoms with van der Waals surface area (Å²) in [6.07, 6.45) is 4.14. The molecule has 0 atom stereocenters. The second kappa shape index (κ2) is 5.09. The van der Waals surface area contributed by atoms with Gasteiger partial charge in [-0.2, -0.15) is 0 Å². The second-order valence-electron chi connectivity index (χ2n) is 6.91. The molecule has 0 bridgehead atoms. The zero-order valence-electron chi connectivity index (χ0n) is 13.9. The van der Waals surface area contributed by atoms with E-state index >= 15 is 0 Å². The van der Waals surface area contributed by atoms with Gasteiger partial charge in [-0.15, -0.1) is 0 Å². The van der Waals surface area contributed by atoms with E-state index in [2.05, 4.69) is 57.0 Å². The van der Waals surface area contributed by atoms with E-state index in [1.54, 1.807) is 0 Å². The SMILES string of the molecule is CN1C(=O)c2cc(-c3ccccc3)cn2-c2cc(Br)ccc2C12CC2. The summed E-state index contributed by atoms with van der Waals surface area (Å²) in [7, 11) is 1.94. The summed E-state index contributed by atoms with van der Waals surface area (Å²) >= 11 is 3.60. The fourth-order valence-electron chi connectivity index (χ4n) is 3.98. The molecule has 5 rings (SSSR count). The molecule has 0 radical (unpaired) electrons. The molecule has 1 spiro atoms. The third-order valence-electron chi connectivity index (χ3n) is 5.54. The monoisotopic (exact) mass is 392 g/mol. The van der Waals surface area contributed by atoms with Gasteiger partial charge in [0.25, 0.3) is 5.91 Å². The van der Waals surface area contributed by atoms with Crippen molar-refractivity contribution in [2.75, 3.05) is 7.05 Å². The van der Waals surface area contributed by atoms with E-state index in [0.717, 1.165) is 39.8 Å². The minimum absolute atomic E-state index is 0.0898. The van der Waals surface area contributed by atoms with Crippen LogP contribution in [0, 0.1) is 0 Å². The lowest BCUT2D eigenvalue weighted by Gasteiger charge is -2.27. The van der Waals surface area contributed by atoms with Crippen LogP contribution >= 0.6 is 15.9 Å². The number of halogens is 1. The number of aromatic nitrogens is 1. The number of fused-ring (bicyclic) bond motifs is 4. The van der Waals surface area contributed by atoms with Gasteiger partial charge >= 0.3 is 0 Å². The van der Waals surface area contributed by atoms with Gasteiger partial charge in [-0.1, -0.05) is 52.3 Å². The highest BCUT2D eigenvalue weighted by Gasteiger charge is 2.53. The first-order valence-electron chi connectivity index (χ1n) is 8.46. The quantitative estimate of drug-likeness (QED) is 0.572. The lowest BCUT2D eigenvalue weighted by molar-refractivity contribution is 0.0705. The Labute approximate surface area is 155 Å². The summed E-state index contributed by atoms with van der Waals surface area (Å²) in [6.45, 7) is 0. The standard InChI is InChI=1S/C21H17BrN2O/c1-23-20(25)19-11-15(14-5-3-2-4-6-14)13-24(19)18-12-16(22)7-8-17(18)21(23)9-10-21/h2-8,11-13H,9-10H2,1H3. The van der Waals surface area contributed by atoms with Gasteiger partial charge in [0.2, 0.25) is 0 Å². The highest BCUT2D eigenvalue weighted by molar-refractivity contribution is 9.10. The van der Waals surface area contributed by atoms with E-state index in [0.29, 0.717) is 0 Å². The van der Waals surface area contributed by atoms with Crippen LogP contribution in [0.4, 0.5) is 0 Å². The summed E-state index contributed by atoms with van der Waals surface area (Å²) in [5.41, 5.74) is 5.11. The maximum atomic E-state index is 13.2. The molecule has 3 aromatic rings. The summed E-state index contributed by atoms with van der Waals surface area (Å²) in [6, 6.07) is 18.6. The number of hydrogen-bond donors (Lipinski definition) is 0. The minimum Gasteiger partial charge on any atom is -0.331 e. The van der Waals surface area contributed by atoms with Crippen molar-refractivity contribution in [2.24, 2.45) is 0 Å². The molecule has 1 fully saturated rings. The highest BCUT2D eigenvalue weighted by atomic mass is 79.9. The average Bonchev–Trinajstić information content (AvgIpc) is 3.33. The van der Waals surface area contributed by atoms with Crippen molar-refractivity contribution in [3.8, 4) is 16.8 Å². The Morgan fingerprint density at radius 1 is 1.00 bits per heavy atom. The molecule has 0 saturated heterocycles. The Bertz CT molecular complexity index is 1000. The van der Waals surface area contributed by atoms with Crippen LogP contribution < -0.4 is 0 Å². The molecule has 2 heterocycles. The van der Waals surface area contributed by atoms with Gasteiger partial charge in [0.15, 0.2) is 0 Å². The summed E-state index contributed by atoms with van der Waals surface area (Å²) in [4.78, 5) is 15.1. The van der Waals surface area contributed by atoms with Crippen LogP contribution in [-0.2, 0) is 5.54 Å². The minimum atomic E-state index is -0.140. The Morgan fingerprint density at radius 3 is 2.48 bits per heavy atom. The smallest absolute Gasteiger partial charge is 0.271 e. The molecule has 4 heteroatoms. The van der Waals surface area contributed by atoms with Crippen molar-refractivity contribution in [3.63, 3.8) is 0 Å². The van der Waals surface area contributed by atoms with E-state index < -0.39 is 0 Å². The zero-order valence-corrected chi connectivity index (χ0v) is 15.5. The van der Waals surface area contributed by atoms with Gasteiger partial charge in [-0.05, 0) is 36.6 Å². The number of benzene rings is 2. The van der Waals surface area contributed by atoms with Crippen molar-refractivity contribution in [1.29, 1.82) is 0 Å². The van der Waals surface area contributed by atoms with Crippen LogP contribution in [-0.4, -0.2) is 22.4 Å². The molecule has 124 valence electrons. The molecule has 0 unspecified atom stereocenters. The van der Waals surface area contributed by atoms with Crippen LogP contribution in [0.15, 0.2) is 65.3 Å². The Hall–Kier alpha value is -2.33. The van der Waals surface area contributed by atoms with E-state index in [-0.39, 0.29) is 11.4 Å². The third-order valence-corrected chi connectivity index (χ3v) is 6.03. The molecule has 1 aliphatic heterocycles. The Balaban J connectivity index is 1.79. The van der Waals surface area contributed by atoms with Crippen molar-refractivity contribution >= 4 is 21.8 Å². The first kappa shape index (κ1) is 15.0. The third kappa shape index (κ3) is 2.07. The fourth-order valence-corrected chi connectivity index (χ4v) is 4.33. The van der Waals surface area contributed by atoms with E-state index in [9.17, 15) is 4.79 Å². The number of hydrogen-bond acceptors (Lipinski definition) is 1. The van der Waals surface area contributed by atoms with Gasteiger partial charge in [0.05, 0.1) is 11.2 Å². The first-order chi connectivity index (χ1) is 12.1. The van der Waals surface area contributed by atoms with Crippen LogP contribution in [0.1, 0.15) is 28.9 Å². The molecule has 3 nitrogen and oxygen atoms in total. The summed E-state index contributed by atoms with van der Waals surface area (Å²) in [5, 5.41) is 0. The number of carbonyl (C=O) groups is 1. The number of amides is 1. The van der Waals surface area contributed by atoms with Crippen LogP contribution in [0.5, 0.6) is 0 Å². The molecule has 1 aromatic heterocycles. The average molecular weight is 393 g/mol. The number of carbonyl (C=O) groups excluding carboxylic acids is 1. The van der Waals surface area contributed by atoms with Gasteiger partial charge in [0.1, 0.15) is 5.69 Å². The lowest BCUT2D eigenvalue weighted by Crippen LogP contribution is -2.36. The van der Waals surface area contributed by atoms with Crippen LogP contribution in [0.3, 0.4) is 0 Å². The predicted molar refractivity (Wildman–Crippen MR) is 102 cm³/mol. The predicted octanol–water partition coefficient (Wildman–Crippen LogP) is 4.98. The van der Waals surface area contributed by atoms with Crippen LogP contribution in [0.2, 0.25) is 0 Å². The number of nitrogens with zero attached hydrogens (tertiary/aromatic N) is 2. The molecule has 25 heavy (non-hydrogen) atoms. The molecule has 1 aliphatic carbocycles. The molecule has 1 amide bonds. The zero-order chi connectivity index (χ0) is 17.2. The molecule has 2 aromatic carbocycles. The largest absolute Gasteiger partial charge is 0.331 e. The van der Waals surface area contributed by atoms with Gasteiger partial charge in [0, 0.05) is 28.8 Å². The highest BCUT2D eigenvalue weighted by Crippen LogP contribution is 2.54. The normalized spacial score (nSPS) is 17.2. The van der Waals surface area contributed by atoms with Crippen molar-refractivity contribution in [3.05, 3.63) is 76.5 Å². The van der Waals surface area contributed by atoms with Gasteiger partial charge in [-0.3, -0.25) is 4.79 Å². The van der Waals surface area contributed by atoms with E-state index in [1.165, 1.54) is 5.56 Å². The molecule has 2 aliphatic rings. The first-order valence-corrected chi connectivity index (χ1v) is 9.26. The maximum Gasteiger partial charge on any atom is 0.271 e. The molecule has 0 N–H and O–H groups in total. The van der Waals surface area contributed by atoms with Crippen LogP contribution in [0.25, 0.3) is 16.8 Å². The Kier molecular flexibility index (Phi) is 3.04. The lowest BCUT2D eigenvalue weighted by atomic mass is 10.0. The maximum absolute atomic E-state index is 13.2. The molecular formula is C21H17BrN2O. The Morgan fingerprint density at radius 2 is 1.76 bits per heavy atom. The van der Waals surface area contributed by atoms with Gasteiger partial charge < -0.3 is 9.47 Å². The summed E-state index contributed by atoms with van der Waals surface area (Å²) < 4.78 is 3.09. The van der Waals surface area contributed by atoms with Crippen molar-refractivity contribution in [1.82, 2.24) is 9.47 Å². The van der Waals surface area contributed by atoms with Gasteiger partial charge in [-0.25, -0.2) is 0 Å². The second-order valence-corrected chi connectivity index (χ2v) is 7.82. The van der Waals surface area contributed by atoms with E-state index in [4.69, 9.17) is 0 Å². The number of rotatable bonds is 1. The molecule has 1 saturated carbocycles. The fraction of sp³-hybridized carbons (Fsp3) is 0.190. The molecular weight excluding hydrogens is 376 g/mol. The topological polar surface area (TPSA) is 25.2 Å². The summed E-state index contributed by atoms with van der Waals surface area (Å²) in [5.74, 6) is 0.0898.